The molecule has 0 aromatic heterocycles. The van der Waals surface area contributed by atoms with Crippen LogP contribution in [-0.2, 0) is 23.8 Å². The number of carboxylic acids is 1. The van der Waals surface area contributed by atoms with Crippen LogP contribution in [0.4, 0.5) is 0 Å². The van der Waals surface area contributed by atoms with Gasteiger partial charge in [0.25, 0.3) is 0 Å². The molecular weight excluding hydrogens is 624 g/mol. The summed E-state index contributed by atoms with van der Waals surface area (Å²) in [5.74, 6) is -0.520. The zero-order valence-electron chi connectivity index (χ0n) is 31.2. The number of aliphatic hydroxyl groups is 1. The van der Waals surface area contributed by atoms with Gasteiger partial charge in [-0.15, -0.1) is 0 Å². The normalized spacial score (nSPS) is 42.5. The average molecular weight is 689 g/mol. The van der Waals surface area contributed by atoms with Gasteiger partial charge in [-0.05, 0) is 78.4 Å². The molecule has 11 nitrogen and oxygen atoms in total. The molecule has 7 N–H and O–H groups in total. The van der Waals surface area contributed by atoms with Crippen LogP contribution in [-0.4, -0.2) is 90.8 Å². The lowest BCUT2D eigenvalue weighted by Crippen LogP contribution is -2.70. The predicted octanol–water partition coefficient (Wildman–Crippen LogP) is 4.41. The number of guanidine groups is 1. The Morgan fingerprint density at radius 3 is 2.41 bits per heavy atom. The highest BCUT2D eigenvalue weighted by Gasteiger charge is 2.72. The minimum Gasteiger partial charge on any atom is -0.481 e. The van der Waals surface area contributed by atoms with Gasteiger partial charge in [0.1, 0.15) is 12.2 Å². The van der Waals surface area contributed by atoms with E-state index in [2.05, 4.69) is 54.5 Å². The number of nitrogens with one attached hydrogen (secondary N) is 1. The first-order valence-corrected chi connectivity index (χ1v) is 18.6. The smallest absolute Gasteiger partial charge is 0.307 e. The number of esters is 1. The molecule has 0 amide bonds. The first-order chi connectivity index (χ1) is 22.8. The molecule has 12 atom stereocenters. The van der Waals surface area contributed by atoms with E-state index in [0.29, 0.717) is 38.5 Å². The maximum absolute atomic E-state index is 13.4. The van der Waals surface area contributed by atoms with Crippen LogP contribution in [0.1, 0.15) is 93.9 Å². The van der Waals surface area contributed by atoms with Crippen LogP contribution in [0.2, 0.25) is 0 Å². The molecule has 2 bridgehead atoms. The molecule has 1 unspecified atom stereocenters. The van der Waals surface area contributed by atoms with Gasteiger partial charge in [-0.2, -0.15) is 0 Å². The standard InChI is InChI=1S/C38H64N4O7/c1-22(2)23(3)34(5)13-14-36(7)26-9-10-29-35(6)20-47-21-38(29,27(26)11-12-37(36,8)30(34)32(45)46)17-28(49-24(4)44)31(35)48-16-15-42(33(40)41)18-25(39)19-43/h11,22-23,25-26,28-31,43H,9-10,12-21,39H2,1-8H3,(H3,40,41)(H,45,46)/t23-,25-,26+,28-,29?,30-,31+,34-,35-,36-,37+,38+/m1/s1. The highest BCUT2D eigenvalue weighted by molar-refractivity contribution is 5.74. The number of nitrogens with zero attached hydrogens (tertiary/aromatic N) is 1. The Kier molecular flexibility index (Phi) is 10.4. The fourth-order valence-corrected chi connectivity index (χ4v) is 12.1. The molecular formula is C38H64N4O7. The monoisotopic (exact) mass is 688 g/mol. The molecule has 1 aliphatic heterocycles. The van der Waals surface area contributed by atoms with Crippen molar-refractivity contribution in [3.8, 4) is 0 Å². The number of fused-ring (bicyclic) bond motifs is 3. The quantitative estimate of drug-likeness (QED) is 0.0903. The number of aliphatic carboxylic acids is 1. The van der Waals surface area contributed by atoms with Crippen LogP contribution in [0.25, 0.3) is 0 Å². The maximum Gasteiger partial charge on any atom is 0.307 e. The number of carbonyl (C=O) groups is 2. The number of nitrogens with two attached hydrogens (primary N) is 2. The van der Waals surface area contributed by atoms with Crippen molar-refractivity contribution >= 4 is 17.9 Å². The highest BCUT2D eigenvalue weighted by atomic mass is 16.6. The topological polar surface area (TPSA) is 181 Å². The average Bonchev–Trinajstić information content (AvgIpc) is 3.01. The lowest BCUT2D eigenvalue weighted by Gasteiger charge is -2.71. The Bertz CT molecular complexity index is 1320. The number of ether oxygens (including phenoxy) is 3. The van der Waals surface area contributed by atoms with E-state index in [1.807, 2.05) is 0 Å². The van der Waals surface area contributed by atoms with Crippen LogP contribution < -0.4 is 11.5 Å². The van der Waals surface area contributed by atoms with E-state index < -0.39 is 41.0 Å². The highest BCUT2D eigenvalue weighted by Crippen LogP contribution is 2.75. The summed E-state index contributed by atoms with van der Waals surface area (Å²) in [4.78, 5) is 27.6. The Hall–Kier alpha value is -2.21. The minimum absolute atomic E-state index is 0.145. The molecule has 11 heteroatoms. The number of hydrogen-bond donors (Lipinski definition) is 5. The third-order valence-electron chi connectivity index (χ3n) is 15.1. The van der Waals surface area contributed by atoms with Crippen LogP contribution in [0.3, 0.4) is 0 Å². The molecule has 278 valence electrons. The molecule has 0 spiro atoms. The van der Waals surface area contributed by atoms with Crippen molar-refractivity contribution in [2.75, 3.05) is 39.5 Å². The van der Waals surface area contributed by atoms with Gasteiger partial charge >= 0.3 is 11.9 Å². The van der Waals surface area contributed by atoms with E-state index >= 15 is 0 Å². The van der Waals surface area contributed by atoms with Crippen LogP contribution in [0.15, 0.2) is 11.6 Å². The van der Waals surface area contributed by atoms with E-state index in [1.54, 1.807) is 4.90 Å². The number of rotatable bonds is 11. The summed E-state index contributed by atoms with van der Waals surface area (Å²) >= 11 is 0. The molecule has 1 saturated heterocycles. The lowest BCUT2D eigenvalue weighted by molar-refractivity contribution is -0.267. The van der Waals surface area contributed by atoms with E-state index in [0.717, 1.165) is 25.7 Å². The first-order valence-electron chi connectivity index (χ1n) is 18.6. The van der Waals surface area contributed by atoms with Crippen molar-refractivity contribution in [2.24, 2.45) is 68.1 Å². The molecule has 0 aromatic carbocycles. The van der Waals surface area contributed by atoms with Gasteiger partial charge in [0.05, 0.1) is 32.3 Å². The molecule has 4 fully saturated rings. The van der Waals surface area contributed by atoms with E-state index in [4.69, 9.17) is 31.1 Å². The summed E-state index contributed by atoms with van der Waals surface area (Å²) < 4.78 is 19.3. The largest absolute Gasteiger partial charge is 0.481 e. The van der Waals surface area contributed by atoms with E-state index in [1.165, 1.54) is 12.5 Å². The zero-order valence-corrected chi connectivity index (χ0v) is 31.2. The third-order valence-corrected chi connectivity index (χ3v) is 15.1. The van der Waals surface area contributed by atoms with Gasteiger partial charge in [-0.25, -0.2) is 0 Å². The van der Waals surface area contributed by atoms with Gasteiger partial charge in [-0.1, -0.05) is 60.1 Å². The second-order valence-electron chi connectivity index (χ2n) is 17.8. The summed E-state index contributed by atoms with van der Waals surface area (Å²) in [6.07, 6.45) is 6.56. The van der Waals surface area contributed by atoms with Gasteiger partial charge in [0, 0.05) is 36.9 Å². The number of allylic oxidation sites excluding steroid dienone is 1. The van der Waals surface area contributed by atoms with Crippen molar-refractivity contribution in [1.29, 1.82) is 5.41 Å². The van der Waals surface area contributed by atoms with Crippen LogP contribution in [0, 0.1) is 62.1 Å². The van der Waals surface area contributed by atoms with Crippen molar-refractivity contribution in [3.05, 3.63) is 11.6 Å². The number of carboxylic acid groups (broad SMARTS) is 1. The van der Waals surface area contributed by atoms with Crippen molar-refractivity contribution < 1.29 is 34.0 Å². The van der Waals surface area contributed by atoms with Crippen LogP contribution in [0.5, 0.6) is 0 Å². The Labute approximate surface area is 293 Å². The van der Waals surface area contributed by atoms with Crippen molar-refractivity contribution in [3.63, 3.8) is 0 Å². The van der Waals surface area contributed by atoms with Crippen LogP contribution >= 0.6 is 0 Å². The molecule has 5 rings (SSSR count). The number of carbonyl (C=O) groups excluding carboxylic acids is 1. The molecule has 3 saturated carbocycles. The second-order valence-corrected chi connectivity index (χ2v) is 17.8. The van der Waals surface area contributed by atoms with Gasteiger partial charge < -0.3 is 40.8 Å². The Morgan fingerprint density at radius 2 is 1.82 bits per heavy atom. The summed E-state index contributed by atoms with van der Waals surface area (Å²) in [6, 6.07) is -0.540. The number of hydrogen-bond acceptors (Lipinski definition) is 8. The molecule has 4 aliphatic carbocycles. The molecule has 0 radical (unpaired) electrons. The lowest BCUT2D eigenvalue weighted by atomic mass is 9.34. The molecule has 5 aliphatic rings. The maximum atomic E-state index is 13.4. The summed E-state index contributed by atoms with van der Waals surface area (Å²) in [6.45, 7) is 18.8. The zero-order chi connectivity index (χ0) is 36.3. The SMILES string of the molecule is CC(=O)O[C@@H]1C[C@@]23COC[C@](C)(C2CC[C@H]2C3=CC[C@@]3(C)[C@H](C(=O)O)[C@@](C)([C@H](C)C(C)C)CC[C@]23C)[C@H]1OCCN(C[C@@H](N)CO)C(=N)N. The Morgan fingerprint density at radius 1 is 1.12 bits per heavy atom. The minimum atomic E-state index is -0.671. The van der Waals surface area contributed by atoms with Gasteiger partial charge in [-0.3, -0.25) is 15.0 Å². The fraction of sp³-hybridized carbons (Fsp3) is 0.868. The Balaban J connectivity index is 1.50. The summed E-state index contributed by atoms with van der Waals surface area (Å²) in [5.41, 5.74) is 11.4. The van der Waals surface area contributed by atoms with E-state index in [9.17, 15) is 19.8 Å². The van der Waals surface area contributed by atoms with E-state index in [-0.39, 0.29) is 65.7 Å². The second kappa shape index (κ2) is 13.4. The first kappa shape index (κ1) is 38.0. The van der Waals surface area contributed by atoms with Gasteiger partial charge in [0.2, 0.25) is 0 Å². The molecule has 0 aromatic rings. The fourth-order valence-electron chi connectivity index (χ4n) is 12.1. The van der Waals surface area contributed by atoms with Crippen molar-refractivity contribution in [2.45, 2.75) is 112 Å². The third kappa shape index (κ3) is 5.92. The molecule has 49 heavy (non-hydrogen) atoms. The summed E-state index contributed by atoms with van der Waals surface area (Å²) in [5, 5.41) is 28.4. The predicted molar refractivity (Wildman–Crippen MR) is 187 cm³/mol. The van der Waals surface area contributed by atoms with Crippen molar-refractivity contribution in [1.82, 2.24) is 4.90 Å². The molecule has 1 heterocycles. The summed E-state index contributed by atoms with van der Waals surface area (Å²) in [7, 11) is 0. The number of aliphatic hydroxyl groups excluding tert-OH is 1. The van der Waals surface area contributed by atoms with Gasteiger partial charge in [0.15, 0.2) is 5.96 Å².